The van der Waals surface area contributed by atoms with E-state index in [-0.39, 0.29) is 17.6 Å². The van der Waals surface area contributed by atoms with E-state index in [1.807, 2.05) is 13.8 Å². The van der Waals surface area contributed by atoms with Crippen LogP contribution >= 0.6 is 8.25 Å². The van der Waals surface area contributed by atoms with Gasteiger partial charge in [-0.1, -0.05) is 13.8 Å². The van der Waals surface area contributed by atoms with Crippen molar-refractivity contribution in [3.63, 3.8) is 0 Å². The number of hydrogen-bond donors (Lipinski definition) is 0. The lowest BCUT2D eigenvalue weighted by molar-refractivity contribution is -0.0517. The molecule has 0 amide bonds. The smallest absolute Gasteiger partial charge is 0.307 e. The van der Waals surface area contributed by atoms with Crippen LogP contribution in [0.2, 0.25) is 0 Å². The summed E-state index contributed by atoms with van der Waals surface area (Å²) in [6.45, 7) is 7.97. The van der Waals surface area contributed by atoms with Crippen LogP contribution in [0.25, 0.3) is 0 Å². The minimum absolute atomic E-state index is 0.0117. The first kappa shape index (κ1) is 9.24. The molecule has 0 bridgehead atoms. The molecule has 1 aliphatic heterocycles. The Morgan fingerprint density at radius 2 is 1.55 bits per heavy atom. The molecule has 4 heteroatoms. The fourth-order valence-electron chi connectivity index (χ4n) is 0.951. The molecule has 11 heavy (non-hydrogen) atoms. The molecule has 0 aromatic rings. The summed E-state index contributed by atoms with van der Waals surface area (Å²) in [5.74, 6) is 0. The highest BCUT2D eigenvalue weighted by atomic mass is 31.1. The number of rotatable bonds is 0. The highest BCUT2D eigenvalue weighted by Crippen LogP contribution is 2.45. The van der Waals surface area contributed by atoms with Crippen molar-refractivity contribution < 1.29 is 13.6 Å². The third-order valence-electron chi connectivity index (χ3n) is 2.64. The third-order valence-corrected chi connectivity index (χ3v) is 3.73. The lowest BCUT2D eigenvalue weighted by Gasteiger charge is -2.40. The quantitative estimate of drug-likeness (QED) is 0.533. The van der Waals surface area contributed by atoms with Crippen molar-refractivity contribution in [1.29, 1.82) is 0 Å². The molecule has 66 valence electrons. The van der Waals surface area contributed by atoms with Gasteiger partial charge in [-0.3, -0.25) is 4.57 Å². The molecule has 0 aromatic heterocycles. The molecule has 1 saturated heterocycles. The van der Waals surface area contributed by atoms with Gasteiger partial charge in [-0.15, -0.1) is 0 Å². The van der Waals surface area contributed by atoms with E-state index in [1.54, 1.807) is 0 Å². The molecule has 2 atom stereocenters. The lowest BCUT2D eigenvalue weighted by atomic mass is 9.82. The van der Waals surface area contributed by atoms with E-state index in [2.05, 4.69) is 13.8 Å². The van der Waals surface area contributed by atoms with Crippen LogP contribution in [0.4, 0.5) is 0 Å². The van der Waals surface area contributed by atoms with Gasteiger partial charge in [0.15, 0.2) is 0 Å². The van der Waals surface area contributed by atoms with Crippen LogP contribution < -0.4 is 0 Å². The van der Waals surface area contributed by atoms with E-state index in [0.29, 0.717) is 0 Å². The van der Waals surface area contributed by atoms with Gasteiger partial charge < -0.3 is 9.05 Å². The van der Waals surface area contributed by atoms with Crippen molar-refractivity contribution in [2.24, 2.45) is 5.41 Å². The van der Waals surface area contributed by atoms with Crippen LogP contribution in [0.3, 0.4) is 0 Å². The van der Waals surface area contributed by atoms with Crippen LogP contribution in [0.15, 0.2) is 0 Å². The first-order chi connectivity index (χ1) is 4.94. The highest BCUT2D eigenvalue weighted by Gasteiger charge is 2.39. The summed E-state index contributed by atoms with van der Waals surface area (Å²) < 4.78 is 21.1. The fraction of sp³-hybridized carbons (Fsp3) is 1.00. The Morgan fingerprint density at radius 1 is 1.18 bits per heavy atom. The average Bonchev–Trinajstić information content (AvgIpc) is 1.84. The van der Waals surface area contributed by atoms with E-state index in [9.17, 15) is 4.57 Å². The van der Waals surface area contributed by atoms with Crippen LogP contribution in [0, 0.1) is 5.41 Å². The van der Waals surface area contributed by atoms with Crippen molar-refractivity contribution in [1.82, 2.24) is 0 Å². The second-order valence-corrected chi connectivity index (χ2v) is 4.56. The van der Waals surface area contributed by atoms with Crippen molar-refractivity contribution in [3.05, 3.63) is 0 Å². The lowest BCUT2D eigenvalue weighted by Crippen LogP contribution is -2.41. The van der Waals surface area contributed by atoms with E-state index >= 15 is 0 Å². The maximum Gasteiger partial charge on any atom is 0.319 e. The van der Waals surface area contributed by atoms with Gasteiger partial charge in [0, 0.05) is 5.41 Å². The van der Waals surface area contributed by atoms with Crippen molar-refractivity contribution in [3.8, 4) is 0 Å². The first-order valence-electron chi connectivity index (χ1n) is 3.82. The molecule has 0 N–H and O–H groups in total. The van der Waals surface area contributed by atoms with E-state index < -0.39 is 8.25 Å². The van der Waals surface area contributed by atoms with Crippen LogP contribution in [0.5, 0.6) is 0 Å². The molecule has 1 rings (SSSR count). The third kappa shape index (κ3) is 1.66. The zero-order chi connectivity index (χ0) is 8.65. The molecule has 0 aromatic carbocycles. The summed E-state index contributed by atoms with van der Waals surface area (Å²) in [5.41, 5.74) is -0.0431. The summed E-state index contributed by atoms with van der Waals surface area (Å²) in [5, 5.41) is 0. The van der Waals surface area contributed by atoms with E-state index in [0.717, 1.165) is 0 Å². The maximum absolute atomic E-state index is 10.9. The van der Waals surface area contributed by atoms with Gasteiger partial charge in [-0.25, -0.2) is 0 Å². The topological polar surface area (TPSA) is 35.5 Å². The van der Waals surface area contributed by atoms with Gasteiger partial charge in [0.1, 0.15) is 0 Å². The molecular weight excluding hydrogens is 163 g/mol. The number of hydrogen-bond acceptors (Lipinski definition) is 3. The van der Waals surface area contributed by atoms with Gasteiger partial charge in [0.2, 0.25) is 0 Å². The zero-order valence-electron chi connectivity index (χ0n) is 7.38. The molecular formula is C7H15O3P. The van der Waals surface area contributed by atoms with Gasteiger partial charge in [0.25, 0.3) is 0 Å². The molecule has 1 fully saturated rings. The van der Waals surface area contributed by atoms with Gasteiger partial charge in [-0.2, -0.15) is 0 Å². The minimum atomic E-state index is -2.21. The molecule has 1 heterocycles. The predicted molar refractivity (Wildman–Crippen MR) is 43.9 cm³/mol. The summed E-state index contributed by atoms with van der Waals surface area (Å²) in [6.07, 6.45) is 0.0234. The molecule has 2 unspecified atom stereocenters. The van der Waals surface area contributed by atoms with Gasteiger partial charge >= 0.3 is 8.25 Å². The largest absolute Gasteiger partial charge is 0.319 e. The second kappa shape index (κ2) is 2.89. The van der Waals surface area contributed by atoms with Gasteiger partial charge in [0.05, 0.1) is 12.2 Å². The van der Waals surface area contributed by atoms with Crippen LogP contribution in [-0.2, 0) is 13.6 Å². The van der Waals surface area contributed by atoms with Crippen LogP contribution in [-0.4, -0.2) is 12.2 Å². The van der Waals surface area contributed by atoms with E-state index in [4.69, 9.17) is 9.05 Å². The zero-order valence-corrected chi connectivity index (χ0v) is 8.38. The Balaban J connectivity index is 2.75. The summed E-state index contributed by atoms with van der Waals surface area (Å²) in [4.78, 5) is 0. The fourth-order valence-corrected chi connectivity index (χ4v) is 2.19. The van der Waals surface area contributed by atoms with Gasteiger partial charge in [-0.05, 0) is 13.8 Å². The Hall–Kier alpha value is 0.150. The molecule has 0 spiro atoms. The maximum atomic E-state index is 10.9. The summed E-state index contributed by atoms with van der Waals surface area (Å²) >= 11 is 0. The SMILES string of the molecule is CC1O[PH](=O)OC(C)C1(C)C. The normalized spacial score (nSPS) is 43.8. The summed E-state index contributed by atoms with van der Waals surface area (Å²) in [6, 6.07) is 0. The second-order valence-electron chi connectivity index (χ2n) is 3.59. The Bertz CT molecular complexity index is 163. The Labute approximate surface area is 68.0 Å². The molecule has 0 saturated carbocycles. The van der Waals surface area contributed by atoms with Crippen molar-refractivity contribution >= 4 is 8.25 Å². The van der Waals surface area contributed by atoms with Crippen molar-refractivity contribution in [2.75, 3.05) is 0 Å². The van der Waals surface area contributed by atoms with E-state index in [1.165, 1.54) is 0 Å². The first-order valence-corrected chi connectivity index (χ1v) is 5.04. The Kier molecular flexibility index (Phi) is 2.43. The van der Waals surface area contributed by atoms with Crippen molar-refractivity contribution in [2.45, 2.75) is 39.9 Å². The molecule has 0 aliphatic carbocycles. The minimum Gasteiger partial charge on any atom is -0.307 e. The highest BCUT2D eigenvalue weighted by molar-refractivity contribution is 7.33. The molecule has 1 aliphatic rings. The monoisotopic (exact) mass is 178 g/mol. The molecule has 0 radical (unpaired) electrons. The molecule has 3 nitrogen and oxygen atoms in total. The Morgan fingerprint density at radius 3 is 1.91 bits per heavy atom. The predicted octanol–water partition coefficient (Wildman–Crippen LogP) is 2.23. The summed E-state index contributed by atoms with van der Waals surface area (Å²) in [7, 11) is -2.21. The average molecular weight is 178 g/mol. The van der Waals surface area contributed by atoms with Crippen LogP contribution in [0.1, 0.15) is 27.7 Å². The standard InChI is InChI=1S/C7H15O3P/c1-5-7(3,4)6(2)10-11(8)9-5/h5-6,11H,1-4H3.